The van der Waals surface area contributed by atoms with E-state index in [1.54, 1.807) is 6.07 Å². The molecular formula is C15H18FN3O4S. The van der Waals surface area contributed by atoms with E-state index in [2.05, 4.69) is 10.5 Å². The van der Waals surface area contributed by atoms with Crippen LogP contribution in [-0.2, 0) is 10.0 Å². The second kappa shape index (κ2) is 7.10. The maximum Gasteiger partial charge on any atom is 0.254 e. The van der Waals surface area contributed by atoms with Gasteiger partial charge in [-0.1, -0.05) is 17.3 Å². The van der Waals surface area contributed by atoms with Crippen LogP contribution >= 0.6 is 0 Å². The van der Waals surface area contributed by atoms with E-state index in [1.807, 2.05) is 0 Å². The third-order valence-electron chi connectivity index (χ3n) is 3.47. The van der Waals surface area contributed by atoms with Gasteiger partial charge in [0.05, 0.1) is 5.56 Å². The minimum atomic E-state index is -3.78. The molecule has 0 bridgehead atoms. The summed E-state index contributed by atoms with van der Waals surface area (Å²) in [7, 11) is -2.39. The summed E-state index contributed by atoms with van der Waals surface area (Å²) in [6, 6.07) is 5.57. The smallest absolute Gasteiger partial charge is 0.254 e. The van der Waals surface area contributed by atoms with Crippen molar-refractivity contribution in [3.63, 3.8) is 0 Å². The van der Waals surface area contributed by atoms with Gasteiger partial charge in [0, 0.05) is 20.1 Å². The second-order valence-electron chi connectivity index (χ2n) is 5.22. The van der Waals surface area contributed by atoms with Crippen molar-refractivity contribution < 1.29 is 22.1 Å². The predicted molar refractivity (Wildman–Crippen MR) is 84.5 cm³/mol. The highest BCUT2D eigenvalue weighted by molar-refractivity contribution is 7.89. The van der Waals surface area contributed by atoms with Crippen molar-refractivity contribution >= 4 is 15.9 Å². The molecule has 0 aliphatic carbocycles. The Labute approximate surface area is 139 Å². The molecule has 0 unspecified atom stereocenters. The van der Waals surface area contributed by atoms with Gasteiger partial charge in [0.25, 0.3) is 5.91 Å². The van der Waals surface area contributed by atoms with Crippen molar-refractivity contribution in [2.24, 2.45) is 0 Å². The molecule has 7 nitrogen and oxygen atoms in total. The molecule has 2 aromatic rings. The highest BCUT2D eigenvalue weighted by Gasteiger charge is 2.28. The summed E-state index contributed by atoms with van der Waals surface area (Å²) in [5, 5.41) is 6.12. The van der Waals surface area contributed by atoms with Crippen molar-refractivity contribution in [3.05, 3.63) is 47.1 Å². The monoisotopic (exact) mass is 355 g/mol. The van der Waals surface area contributed by atoms with E-state index in [1.165, 1.54) is 39.1 Å². The molecule has 0 fully saturated rings. The van der Waals surface area contributed by atoms with Gasteiger partial charge in [-0.05, 0) is 26.0 Å². The van der Waals surface area contributed by atoms with E-state index in [4.69, 9.17) is 4.52 Å². The molecule has 1 heterocycles. The van der Waals surface area contributed by atoms with E-state index < -0.39 is 21.7 Å². The first kappa shape index (κ1) is 18.1. The quantitative estimate of drug-likeness (QED) is 0.847. The van der Waals surface area contributed by atoms with Gasteiger partial charge in [-0.25, -0.2) is 12.8 Å². The average Bonchev–Trinajstić information content (AvgIpc) is 2.86. The third-order valence-corrected chi connectivity index (χ3v) is 5.57. The number of hydrogen-bond acceptors (Lipinski definition) is 5. The number of carbonyl (C=O) groups excluding carboxylic acids is 1. The zero-order valence-corrected chi connectivity index (χ0v) is 14.4. The number of nitrogens with one attached hydrogen (secondary N) is 1. The normalized spacial score (nSPS) is 11.7. The number of carbonyl (C=O) groups is 1. The number of sulfonamides is 1. The first-order chi connectivity index (χ1) is 11.2. The fourth-order valence-corrected chi connectivity index (χ4v) is 3.64. The van der Waals surface area contributed by atoms with Gasteiger partial charge in [0.1, 0.15) is 16.4 Å². The zero-order chi connectivity index (χ0) is 17.9. The summed E-state index contributed by atoms with van der Waals surface area (Å²) in [5.74, 6) is -1.03. The Kier molecular flexibility index (Phi) is 5.35. The van der Waals surface area contributed by atoms with Crippen LogP contribution in [0, 0.1) is 19.7 Å². The number of aromatic nitrogens is 1. The summed E-state index contributed by atoms with van der Waals surface area (Å²) in [6.07, 6.45) is 0. The van der Waals surface area contributed by atoms with Crippen LogP contribution in [-0.4, -0.2) is 43.9 Å². The summed E-state index contributed by atoms with van der Waals surface area (Å²) >= 11 is 0. The van der Waals surface area contributed by atoms with E-state index in [9.17, 15) is 17.6 Å². The lowest BCUT2D eigenvalue weighted by atomic mass is 10.2. The first-order valence-electron chi connectivity index (χ1n) is 7.17. The molecule has 0 spiro atoms. The molecule has 1 amide bonds. The number of nitrogens with zero attached hydrogens (tertiary/aromatic N) is 2. The molecule has 0 aliphatic rings. The fourth-order valence-electron chi connectivity index (χ4n) is 2.19. The largest absolute Gasteiger partial charge is 0.360 e. The molecule has 0 atom stereocenters. The minimum Gasteiger partial charge on any atom is -0.360 e. The van der Waals surface area contributed by atoms with Crippen molar-refractivity contribution in [1.29, 1.82) is 0 Å². The lowest BCUT2D eigenvalue weighted by molar-refractivity contribution is 0.0948. The summed E-state index contributed by atoms with van der Waals surface area (Å²) in [6.45, 7) is 3.11. The molecule has 0 saturated carbocycles. The topological polar surface area (TPSA) is 92.5 Å². The van der Waals surface area contributed by atoms with Crippen LogP contribution < -0.4 is 5.32 Å². The van der Waals surface area contributed by atoms with Crippen LogP contribution in [0.4, 0.5) is 4.39 Å². The van der Waals surface area contributed by atoms with Crippen molar-refractivity contribution in [2.75, 3.05) is 20.1 Å². The fraction of sp³-hybridized carbons (Fsp3) is 0.333. The second-order valence-corrected chi connectivity index (χ2v) is 7.20. The molecule has 0 aliphatic heterocycles. The molecular weight excluding hydrogens is 337 g/mol. The lowest BCUT2D eigenvalue weighted by Gasteiger charge is -2.17. The Morgan fingerprint density at radius 2 is 2.00 bits per heavy atom. The molecule has 130 valence electrons. The summed E-state index contributed by atoms with van der Waals surface area (Å²) < 4.78 is 44.4. The standard InChI is InChI=1S/C15H18FN3O4S/c1-10-14(11(2)23-18-10)24(21,22)19(3)9-8-17-15(20)12-6-4-5-7-13(12)16/h4-7H,8-9H2,1-3H3,(H,17,20). The SMILES string of the molecule is Cc1noc(C)c1S(=O)(=O)N(C)CCNC(=O)c1ccccc1F. The average molecular weight is 355 g/mol. The third kappa shape index (κ3) is 3.62. The van der Waals surface area contributed by atoms with Crippen LogP contribution in [0.15, 0.2) is 33.7 Å². The number of amides is 1. The molecule has 0 saturated heterocycles. The number of halogens is 1. The van der Waals surface area contributed by atoms with Crippen LogP contribution in [0.2, 0.25) is 0 Å². The maximum absolute atomic E-state index is 13.5. The maximum atomic E-state index is 13.5. The van der Waals surface area contributed by atoms with Gasteiger partial charge >= 0.3 is 0 Å². The van der Waals surface area contributed by atoms with Gasteiger partial charge in [-0.2, -0.15) is 4.31 Å². The molecule has 2 rings (SSSR count). The number of likely N-dealkylation sites (N-methyl/N-ethyl adjacent to an activating group) is 1. The van der Waals surface area contributed by atoms with Gasteiger partial charge < -0.3 is 9.84 Å². The van der Waals surface area contributed by atoms with E-state index >= 15 is 0 Å². The number of benzene rings is 1. The zero-order valence-electron chi connectivity index (χ0n) is 13.5. The molecule has 0 radical (unpaired) electrons. The van der Waals surface area contributed by atoms with Crippen LogP contribution in [0.25, 0.3) is 0 Å². The predicted octanol–water partition coefficient (Wildman–Crippen LogP) is 1.48. The highest BCUT2D eigenvalue weighted by Crippen LogP contribution is 2.21. The van der Waals surface area contributed by atoms with Crippen molar-refractivity contribution in [1.82, 2.24) is 14.8 Å². The highest BCUT2D eigenvalue weighted by atomic mass is 32.2. The summed E-state index contributed by atoms with van der Waals surface area (Å²) in [4.78, 5) is 11.9. The Morgan fingerprint density at radius 3 is 2.58 bits per heavy atom. The lowest BCUT2D eigenvalue weighted by Crippen LogP contribution is -2.36. The van der Waals surface area contributed by atoms with E-state index in [0.29, 0.717) is 0 Å². The van der Waals surface area contributed by atoms with Gasteiger partial charge in [0.2, 0.25) is 10.0 Å². The van der Waals surface area contributed by atoms with Gasteiger partial charge in [-0.15, -0.1) is 0 Å². The van der Waals surface area contributed by atoms with Crippen LogP contribution in [0.5, 0.6) is 0 Å². The van der Waals surface area contributed by atoms with Crippen LogP contribution in [0.1, 0.15) is 21.8 Å². The Balaban J connectivity index is 2.00. The van der Waals surface area contributed by atoms with Crippen molar-refractivity contribution in [2.45, 2.75) is 18.7 Å². The van der Waals surface area contributed by atoms with E-state index in [0.717, 1.165) is 4.31 Å². The molecule has 24 heavy (non-hydrogen) atoms. The minimum absolute atomic E-state index is 0.0189. The first-order valence-corrected chi connectivity index (χ1v) is 8.61. The van der Waals surface area contributed by atoms with Gasteiger partial charge in [-0.3, -0.25) is 4.79 Å². The Morgan fingerprint density at radius 1 is 1.33 bits per heavy atom. The molecule has 9 heteroatoms. The Bertz CT molecular complexity index is 829. The molecule has 1 N–H and O–H groups in total. The molecule has 1 aromatic carbocycles. The van der Waals surface area contributed by atoms with Gasteiger partial charge in [0.15, 0.2) is 5.76 Å². The van der Waals surface area contributed by atoms with Crippen molar-refractivity contribution in [3.8, 4) is 0 Å². The van der Waals surface area contributed by atoms with E-state index in [-0.39, 0.29) is 35.0 Å². The van der Waals surface area contributed by atoms with Crippen LogP contribution in [0.3, 0.4) is 0 Å². The summed E-state index contributed by atoms with van der Waals surface area (Å²) in [5.41, 5.74) is 0.184. The number of rotatable bonds is 6. The Hall–Kier alpha value is -2.26. The number of aryl methyl sites for hydroxylation is 2. The molecule has 1 aromatic heterocycles. The number of hydrogen-bond donors (Lipinski definition) is 1.